The summed E-state index contributed by atoms with van der Waals surface area (Å²) in [4.78, 5) is 30.5. The Morgan fingerprint density at radius 1 is 0.917 bits per heavy atom. The van der Waals surface area contributed by atoms with Gasteiger partial charge in [-0.1, -0.05) is 48.5 Å². The monoisotopic (exact) mass is 473 g/mol. The van der Waals surface area contributed by atoms with Gasteiger partial charge < -0.3 is 4.42 Å². The molecule has 3 aromatic heterocycles. The van der Waals surface area contributed by atoms with Crippen LogP contribution in [0.5, 0.6) is 0 Å². The highest BCUT2D eigenvalue weighted by Crippen LogP contribution is 2.24. The van der Waals surface area contributed by atoms with Crippen molar-refractivity contribution in [2.24, 2.45) is 5.10 Å². The Labute approximate surface area is 204 Å². The van der Waals surface area contributed by atoms with Gasteiger partial charge in [0.15, 0.2) is 0 Å². The molecule has 0 atom stereocenters. The van der Waals surface area contributed by atoms with Gasteiger partial charge in [0.1, 0.15) is 17.1 Å². The van der Waals surface area contributed by atoms with Gasteiger partial charge in [0, 0.05) is 17.1 Å². The summed E-state index contributed by atoms with van der Waals surface area (Å²) in [5.41, 5.74) is 2.35. The van der Waals surface area contributed by atoms with Crippen LogP contribution in [0, 0.1) is 6.92 Å². The van der Waals surface area contributed by atoms with Gasteiger partial charge in [-0.05, 0) is 43.3 Å². The molecule has 0 amide bonds. The van der Waals surface area contributed by atoms with Crippen LogP contribution < -0.4 is 11.2 Å². The van der Waals surface area contributed by atoms with Crippen LogP contribution in [0.15, 0.2) is 110 Å². The molecule has 3 heterocycles. The zero-order valence-electron chi connectivity index (χ0n) is 19.2. The summed E-state index contributed by atoms with van der Waals surface area (Å²) >= 11 is 0. The number of hydrogen-bond acceptors (Lipinski definition) is 6. The maximum absolute atomic E-state index is 13.1. The van der Waals surface area contributed by atoms with E-state index in [9.17, 15) is 9.59 Å². The fourth-order valence-electron chi connectivity index (χ4n) is 4.12. The van der Waals surface area contributed by atoms with Crippen molar-refractivity contribution in [3.8, 4) is 16.9 Å². The van der Waals surface area contributed by atoms with Crippen molar-refractivity contribution in [3.63, 3.8) is 0 Å². The first-order valence-corrected chi connectivity index (χ1v) is 11.3. The van der Waals surface area contributed by atoms with Crippen LogP contribution in [-0.4, -0.2) is 25.7 Å². The predicted molar refractivity (Wildman–Crippen MR) is 139 cm³/mol. The Hall–Kier alpha value is -5.11. The molecule has 0 bridgehead atoms. The van der Waals surface area contributed by atoms with Crippen LogP contribution in [0.4, 0.5) is 0 Å². The molecule has 174 valence electrons. The zero-order chi connectivity index (χ0) is 24.6. The van der Waals surface area contributed by atoms with Crippen LogP contribution in [0.3, 0.4) is 0 Å². The van der Waals surface area contributed by atoms with Crippen molar-refractivity contribution >= 4 is 28.1 Å². The Bertz CT molecular complexity index is 1900. The Kier molecular flexibility index (Phi) is 5.11. The Balaban J connectivity index is 1.54. The number of fused-ring (bicyclic) bond motifs is 2. The third-order valence-electron chi connectivity index (χ3n) is 5.89. The molecule has 0 fully saturated rings. The molecule has 0 spiro atoms. The van der Waals surface area contributed by atoms with Gasteiger partial charge in [0.25, 0.3) is 5.56 Å². The van der Waals surface area contributed by atoms with Gasteiger partial charge in [-0.25, -0.2) is 14.5 Å². The maximum Gasteiger partial charge on any atom is 0.345 e. The molecule has 6 rings (SSSR count). The molecule has 0 unspecified atom stereocenters. The van der Waals surface area contributed by atoms with Gasteiger partial charge in [0.2, 0.25) is 0 Å². The van der Waals surface area contributed by atoms with E-state index in [-0.39, 0.29) is 5.56 Å². The van der Waals surface area contributed by atoms with Crippen LogP contribution in [0.1, 0.15) is 11.4 Å². The van der Waals surface area contributed by atoms with Crippen LogP contribution in [-0.2, 0) is 0 Å². The second-order valence-corrected chi connectivity index (χ2v) is 8.24. The zero-order valence-corrected chi connectivity index (χ0v) is 19.2. The van der Waals surface area contributed by atoms with E-state index in [0.29, 0.717) is 39.1 Å². The van der Waals surface area contributed by atoms with Crippen molar-refractivity contribution in [1.82, 2.24) is 19.4 Å². The quantitative estimate of drug-likeness (QED) is 0.277. The van der Waals surface area contributed by atoms with Gasteiger partial charge >= 0.3 is 5.63 Å². The van der Waals surface area contributed by atoms with Crippen LogP contribution in [0.2, 0.25) is 0 Å². The summed E-state index contributed by atoms with van der Waals surface area (Å²) in [7, 11) is 0. The summed E-state index contributed by atoms with van der Waals surface area (Å²) in [5.74, 6) is 0.442. The fourth-order valence-corrected chi connectivity index (χ4v) is 4.12. The lowest BCUT2D eigenvalue weighted by Gasteiger charge is -2.05. The highest BCUT2D eigenvalue weighted by Gasteiger charge is 2.17. The van der Waals surface area contributed by atoms with Gasteiger partial charge in [-0.15, -0.1) is 0 Å². The largest absolute Gasteiger partial charge is 0.422 e. The molecule has 0 saturated heterocycles. The van der Waals surface area contributed by atoms with E-state index in [1.165, 1.54) is 10.9 Å². The lowest BCUT2D eigenvalue weighted by molar-refractivity contribution is 0.563. The second kappa shape index (κ2) is 8.59. The summed E-state index contributed by atoms with van der Waals surface area (Å²) < 4.78 is 8.46. The molecule has 36 heavy (non-hydrogen) atoms. The number of hydrogen-bond donors (Lipinski definition) is 0. The number of nitrogens with zero attached hydrogens (tertiary/aromatic N) is 5. The Morgan fingerprint density at radius 2 is 1.67 bits per heavy atom. The molecular formula is C28H19N5O3. The van der Waals surface area contributed by atoms with E-state index in [1.54, 1.807) is 48.1 Å². The first kappa shape index (κ1) is 21.4. The first-order chi connectivity index (χ1) is 17.6. The number of benzene rings is 3. The smallest absolute Gasteiger partial charge is 0.345 e. The van der Waals surface area contributed by atoms with E-state index >= 15 is 0 Å². The molecule has 6 aromatic rings. The van der Waals surface area contributed by atoms with Gasteiger partial charge in [-0.3, -0.25) is 4.79 Å². The molecule has 0 aliphatic carbocycles. The predicted octanol–water partition coefficient (Wildman–Crippen LogP) is 4.55. The summed E-state index contributed by atoms with van der Waals surface area (Å²) in [6, 6.07) is 25.7. The number of rotatable bonds is 4. The second-order valence-electron chi connectivity index (χ2n) is 8.24. The highest BCUT2D eigenvalue weighted by atomic mass is 16.4. The summed E-state index contributed by atoms with van der Waals surface area (Å²) in [5, 5.41) is 10.4. The third-order valence-corrected chi connectivity index (χ3v) is 5.89. The highest BCUT2D eigenvalue weighted by molar-refractivity contribution is 5.90. The van der Waals surface area contributed by atoms with E-state index in [0.717, 1.165) is 11.1 Å². The molecule has 8 heteroatoms. The molecule has 0 radical (unpaired) electrons. The minimum atomic E-state index is -0.512. The molecule has 0 N–H and O–H groups in total. The average Bonchev–Trinajstić information content (AvgIpc) is 3.32. The minimum Gasteiger partial charge on any atom is -0.422 e. The lowest BCUT2D eigenvalue weighted by atomic mass is 10.1. The Morgan fingerprint density at radius 3 is 2.53 bits per heavy atom. The van der Waals surface area contributed by atoms with Crippen molar-refractivity contribution in [2.75, 3.05) is 0 Å². The van der Waals surface area contributed by atoms with E-state index in [4.69, 9.17) is 4.42 Å². The third kappa shape index (κ3) is 3.70. The molecule has 0 aliphatic rings. The fraction of sp³-hybridized carbons (Fsp3) is 0.0357. The number of aromatic nitrogens is 4. The summed E-state index contributed by atoms with van der Waals surface area (Å²) in [6.45, 7) is 1.72. The van der Waals surface area contributed by atoms with E-state index < -0.39 is 5.63 Å². The maximum atomic E-state index is 13.1. The molecule has 8 nitrogen and oxygen atoms in total. The minimum absolute atomic E-state index is 0.281. The normalized spacial score (nSPS) is 11.6. The number of para-hydroxylation sites is 3. The van der Waals surface area contributed by atoms with Gasteiger partial charge in [0.05, 0.1) is 28.4 Å². The molecular weight excluding hydrogens is 454 g/mol. The average molecular weight is 473 g/mol. The lowest BCUT2D eigenvalue weighted by Crippen LogP contribution is -2.20. The molecule has 0 aliphatic heterocycles. The van der Waals surface area contributed by atoms with Crippen LogP contribution >= 0.6 is 0 Å². The molecule has 0 saturated carbocycles. The van der Waals surface area contributed by atoms with E-state index in [1.807, 2.05) is 54.6 Å². The van der Waals surface area contributed by atoms with Crippen molar-refractivity contribution in [2.45, 2.75) is 6.92 Å². The standard InChI is InChI=1S/C28H19N5O3/c1-18-30-24-13-7-6-12-22(24)27(34)33(18)29-16-20-17-32(21-10-3-2-4-11-21)31-26(20)23-15-19-9-5-8-14-25(19)36-28(23)35/h2-17H,1H3/b29-16+. The van der Waals surface area contributed by atoms with E-state index in [2.05, 4.69) is 15.2 Å². The van der Waals surface area contributed by atoms with Crippen LogP contribution in [0.25, 0.3) is 38.8 Å². The SMILES string of the molecule is Cc1nc2ccccc2c(=O)n1/N=C/c1cn(-c2ccccc2)nc1-c1cc2ccccc2oc1=O. The first-order valence-electron chi connectivity index (χ1n) is 11.3. The topological polar surface area (TPSA) is 95.3 Å². The van der Waals surface area contributed by atoms with Crippen molar-refractivity contribution in [3.05, 3.63) is 123 Å². The number of aryl methyl sites for hydroxylation is 1. The van der Waals surface area contributed by atoms with Gasteiger partial charge in [-0.2, -0.15) is 14.9 Å². The van der Waals surface area contributed by atoms with Crippen molar-refractivity contribution < 1.29 is 4.42 Å². The molecule has 3 aromatic carbocycles. The van der Waals surface area contributed by atoms with Crippen molar-refractivity contribution in [1.29, 1.82) is 0 Å². The summed E-state index contributed by atoms with van der Waals surface area (Å²) in [6.07, 6.45) is 3.28.